The summed E-state index contributed by atoms with van der Waals surface area (Å²) in [6.07, 6.45) is 1.76. The number of benzene rings is 1. The van der Waals surface area contributed by atoms with E-state index in [1.807, 2.05) is 18.2 Å². The number of hydrogen-bond donors (Lipinski definition) is 1. The second-order valence-electron chi connectivity index (χ2n) is 4.66. The maximum atomic E-state index is 10.5. The van der Waals surface area contributed by atoms with Crippen LogP contribution in [0.1, 0.15) is 23.8 Å². The summed E-state index contributed by atoms with van der Waals surface area (Å²) in [5.74, 6) is 1.40. The Bertz CT molecular complexity index is 607. The summed E-state index contributed by atoms with van der Waals surface area (Å²) >= 11 is 3.40. The molecule has 1 N–H and O–H groups in total. The van der Waals surface area contributed by atoms with Gasteiger partial charge in [-0.3, -0.25) is 4.68 Å². The molecule has 5 nitrogen and oxygen atoms in total. The molecule has 1 unspecified atom stereocenters. The molecule has 1 atom stereocenters. The van der Waals surface area contributed by atoms with Crippen LogP contribution in [0.15, 0.2) is 28.9 Å². The fraction of sp³-hybridized carbons (Fsp3) is 0.357. The van der Waals surface area contributed by atoms with Crippen molar-refractivity contribution in [1.29, 1.82) is 0 Å². The van der Waals surface area contributed by atoms with E-state index in [1.165, 1.54) is 0 Å². The van der Waals surface area contributed by atoms with Crippen molar-refractivity contribution >= 4 is 15.9 Å². The second kappa shape index (κ2) is 5.46. The quantitative estimate of drug-likeness (QED) is 0.913. The average molecular weight is 339 g/mol. The Morgan fingerprint density at radius 3 is 2.75 bits per heavy atom. The first kappa shape index (κ1) is 13.5. The largest absolute Gasteiger partial charge is 0.490 e. The van der Waals surface area contributed by atoms with Gasteiger partial charge in [0.05, 0.1) is 29.6 Å². The molecule has 3 rings (SSSR count). The lowest BCUT2D eigenvalue weighted by Gasteiger charge is -2.15. The minimum atomic E-state index is -0.769. The molecule has 0 aliphatic carbocycles. The van der Waals surface area contributed by atoms with Crippen LogP contribution in [-0.2, 0) is 7.05 Å². The van der Waals surface area contributed by atoms with Gasteiger partial charge in [-0.15, -0.1) is 0 Å². The van der Waals surface area contributed by atoms with Gasteiger partial charge in [0.25, 0.3) is 0 Å². The third-order valence-electron chi connectivity index (χ3n) is 3.28. The van der Waals surface area contributed by atoms with E-state index in [2.05, 4.69) is 21.0 Å². The zero-order valence-electron chi connectivity index (χ0n) is 11.0. The number of halogens is 1. The molecular weight excluding hydrogens is 324 g/mol. The number of fused-ring (bicyclic) bond motifs is 1. The van der Waals surface area contributed by atoms with Crippen molar-refractivity contribution in [3.63, 3.8) is 0 Å². The van der Waals surface area contributed by atoms with Crippen molar-refractivity contribution < 1.29 is 14.6 Å². The minimum absolute atomic E-state index is 0.627. The smallest absolute Gasteiger partial charge is 0.161 e. The maximum absolute atomic E-state index is 10.5. The fourth-order valence-corrected chi connectivity index (χ4v) is 2.80. The summed E-state index contributed by atoms with van der Waals surface area (Å²) in [6, 6.07) is 5.51. The van der Waals surface area contributed by atoms with E-state index in [0.717, 1.165) is 22.2 Å². The van der Waals surface area contributed by atoms with Crippen LogP contribution >= 0.6 is 15.9 Å². The molecule has 1 aromatic carbocycles. The van der Waals surface area contributed by atoms with Gasteiger partial charge < -0.3 is 14.6 Å². The Balaban J connectivity index is 1.96. The van der Waals surface area contributed by atoms with E-state index in [-0.39, 0.29) is 0 Å². The van der Waals surface area contributed by atoms with E-state index >= 15 is 0 Å². The van der Waals surface area contributed by atoms with Gasteiger partial charge in [-0.25, -0.2) is 0 Å². The molecule has 0 bridgehead atoms. The molecule has 0 fully saturated rings. The van der Waals surface area contributed by atoms with E-state index < -0.39 is 6.10 Å². The Labute approximate surface area is 125 Å². The molecule has 1 aromatic heterocycles. The van der Waals surface area contributed by atoms with E-state index in [0.29, 0.717) is 24.7 Å². The molecule has 0 radical (unpaired) electrons. The molecule has 20 heavy (non-hydrogen) atoms. The van der Waals surface area contributed by atoms with Crippen LogP contribution in [0.25, 0.3) is 0 Å². The van der Waals surface area contributed by atoms with E-state index in [1.54, 1.807) is 17.9 Å². The minimum Gasteiger partial charge on any atom is -0.490 e. The summed E-state index contributed by atoms with van der Waals surface area (Å²) in [4.78, 5) is 0. The fourth-order valence-electron chi connectivity index (χ4n) is 2.24. The lowest BCUT2D eigenvalue weighted by molar-refractivity contribution is 0.208. The van der Waals surface area contributed by atoms with Crippen molar-refractivity contribution in [2.75, 3.05) is 13.2 Å². The zero-order valence-corrected chi connectivity index (χ0v) is 12.6. The van der Waals surface area contributed by atoms with Gasteiger partial charge >= 0.3 is 0 Å². The highest BCUT2D eigenvalue weighted by Crippen LogP contribution is 2.35. The number of nitrogens with zero attached hydrogens (tertiary/aromatic N) is 2. The standard InChI is InChI=1S/C14H15BrN2O3/c1-17-13(10(15)8-16-17)14(18)9-3-4-11-12(7-9)20-6-2-5-19-11/h3-4,7-8,14,18H,2,5-6H2,1H3. The van der Waals surface area contributed by atoms with Crippen molar-refractivity contribution in [2.45, 2.75) is 12.5 Å². The third-order valence-corrected chi connectivity index (χ3v) is 3.89. The number of aliphatic hydroxyl groups is 1. The van der Waals surface area contributed by atoms with Gasteiger partial charge in [0, 0.05) is 13.5 Å². The van der Waals surface area contributed by atoms with Gasteiger partial charge in [0.1, 0.15) is 6.10 Å². The van der Waals surface area contributed by atoms with Gasteiger partial charge in [0.15, 0.2) is 11.5 Å². The molecule has 0 spiro atoms. The maximum Gasteiger partial charge on any atom is 0.161 e. The van der Waals surface area contributed by atoms with Crippen LogP contribution in [0, 0.1) is 0 Å². The second-order valence-corrected chi connectivity index (χ2v) is 5.51. The Morgan fingerprint density at radius 1 is 1.30 bits per heavy atom. The predicted octanol–water partition coefficient (Wildman–Crippen LogP) is 2.43. The Hall–Kier alpha value is -1.53. The van der Waals surface area contributed by atoms with Crippen molar-refractivity contribution in [3.05, 3.63) is 40.1 Å². The molecule has 0 saturated heterocycles. The SMILES string of the molecule is Cn1ncc(Br)c1C(O)c1ccc2c(c1)OCCCO2. The molecule has 6 heteroatoms. The topological polar surface area (TPSA) is 56.5 Å². The lowest BCUT2D eigenvalue weighted by Crippen LogP contribution is -2.07. The molecule has 0 amide bonds. The van der Waals surface area contributed by atoms with Gasteiger partial charge in [-0.05, 0) is 33.6 Å². The first-order valence-corrected chi connectivity index (χ1v) is 7.21. The lowest BCUT2D eigenvalue weighted by atomic mass is 10.1. The van der Waals surface area contributed by atoms with Crippen molar-refractivity contribution in [3.8, 4) is 11.5 Å². The van der Waals surface area contributed by atoms with Crippen LogP contribution in [-0.4, -0.2) is 28.1 Å². The highest BCUT2D eigenvalue weighted by atomic mass is 79.9. The van der Waals surface area contributed by atoms with Crippen LogP contribution in [0.5, 0.6) is 11.5 Å². The third kappa shape index (κ3) is 2.41. The Kier molecular flexibility index (Phi) is 3.67. The zero-order chi connectivity index (χ0) is 14.1. The summed E-state index contributed by atoms with van der Waals surface area (Å²) in [6.45, 7) is 1.28. The molecule has 0 saturated carbocycles. The van der Waals surface area contributed by atoms with Crippen LogP contribution in [0.3, 0.4) is 0 Å². The Morgan fingerprint density at radius 2 is 2.05 bits per heavy atom. The first-order valence-electron chi connectivity index (χ1n) is 6.42. The van der Waals surface area contributed by atoms with Crippen LogP contribution in [0.2, 0.25) is 0 Å². The van der Waals surface area contributed by atoms with E-state index in [9.17, 15) is 5.11 Å². The molecular formula is C14H15BrN2O3. The number of hydrogen-bond acceptors (Lipinski definition) is 4. The molecule has 1 aliphatic rings. The number of rotatable bonds is 2. The number of aryl methyl sites for hydroxylation is 1. The summed E-state index contributed by atoms with van der Waals surface area (Å²) in [7, 11) is 1.80. The van der Waals surface area contributed by atoms with E-state index in [4.69, 9.17) is 9.47 Å². The molecule has 106 valence electrons. The summed E-state index contributed by atoms with van der Waals surface area (Å²) in [5.41, 5.74) is 1.46. The molecule has 2 aromatic rings. The molecule has 2 heterocycles. The van der Waals surface area contributed by atoms with Crippen LogP contribution in [0.4, 0.5) is 0 Å². The number of aromatic nitrogens is 2. The number of aliphatic hydroxyl groups excluding tert-OH is 1. The normalized spacial score (nSPS) is 15.8. The van der Waals surface area contributed by atoms with Crippen LogP contribution < -0.4 is 9.47 Å². The summed E-state index contributed by atoms with van der Waals surface area (Å²) in [5, 5.41) is 14.6. The predicted molar refractivity (Wildman–Crippen MR) is 77.0 cm³/mol. The number of ether oxygens (including phenoxy) is 2. The van der Waals surface area contributed by atoms with Gasteiger partial charge in [0.2, 0.25) is 0 Å². The monoisotopic (exact) mass is 338 g/mol. The van der Waals surface area contributed by atoms with Gasteiger partial charge in [-0.1, -0.05) is 6.07 Å². The highest BCUT2D eigenvalue weighted by molar-refractivity contribution is 9.10. The van der Waals surface area contributed by atoms with Crippen molar-refractivity contribution in [2.24, 2.45) is 7.05 Å². The van der Waals surface area contributed by atoms with Crippen molar-refractivity contribution in [1.82, 2.24) is 9.78 Å². The van der Waals surface area contributed by atoms with Gasteiger partial charge in [-0.2, -0.15) is 5.10 Å². The average Bonchev–Trinajstić information content (AvgIpc) is 2.66. The summed E-state index contributed by atoms with van der Waals surface area (Å²) < 4.78 is 13.7. The first-order chi connectivity index (χ1) is 9.66. The molecule has 1 aliphatic heterocycles. The highest BCUT2D eigenvalue weighted by Gasteiger charge is 2.20.